The molecule has 37 heavy (non-hydrogen) atoms. The first kappa shape index (κ1) is 26.4. The van der Waals surface area contributed by atoms with Crippen LogP contribution in [-0.2, 0) is 29.8 Å². The molecule has 1 N–H and O–H groups in total. The molecule has 192 valence electrons. The van der Waals surface area contributed by atoms with E-state index in [4.69, 9.17) is 4.74 Å². The predicted molar refractivity (Wildman–Crippen MR) is 135 cm³/mol. The third-order valence-electron chi connectivity index (χ3n) is 5.59. The number of aryl methyl sites for hydroxylation is 1. The minimum Gasteiger partial charge on any atom is -0.377 e. The molecule has 0 saturated heterocycles. The van der Waals surface area contributed by atoms with Gasteiger partial charge in [-0.05, 0) is 48.4 Å². The van der Waals surface area contributed by atoms with Crippen molar-refractivity contribution in [3.63, 3.8) is 0 Å². The van der Waals surface area contributed by atoms with Gasteiger partial charge < -0.3 is 10.1 Å². The molecule has 0 saturated carbocycles. The van der Waals surface area contributed by atoms with Crippen LogP contribution in [0.2, 0.25) is 0 Å². The van der Waals surface area contributed by atoms with E-state index in [1.54, 1.807) is 25.3 Å². The van der Waals surface area contributed by atoms with Crippen LogP contribution in [0.4, 0.5) is 13.2 Å². The molecule has 1 aromatic heterocycles. The van der Waals surface area contributed by atoms with Gasteiger partial charge in [0.2, 0.25) is 0 Å². The van der Waals surface area contributed by atoms with Gasteiger partial charge in [-0.25, -0.2) is 0 Å². The number of hydrogen-bond acceptors (Lipinski definition) is 5. The van der Waals surface area contributed by atoms with Crippen LogP contribution >= 0.6 is 11.8 Å². The van der Waals surface area contributed by atoms with Crippen LogP contribution in [0, 0.1) is 6.92 Å². The minimum absolute atomic E-state index is 0.0215. The van der Waals surface area contributed by atoms with Crippen molar-refractivity contribution in [3.05, 3.63) is 106 Å². The summed E-state index contributed by atoms with van der Waals surface area (Å²) in [4.78, 5) is 12.9. The number of methoxy groups -OCH3 is 1. The van der Waals surface area contributed by atoms with Crippen LogP contribution in [0.5, 0.6) is 0 Å². The molecule has 0 aliphatic rings. The zero-order valence-electron chi connectivity index (χ0n) is 20.2. The SMILES string of the molecule is COCc1nnc(SCc2ccccc2C(=O)NCc2cccc(C(F)(F)F)c2)n1-c1ccc(C)cc1. The second kappa shape index (κ2) is 11.6. The van der Waals surface area contributed by atoms with Crippen LogP contribution in [0.25, 0.3) is 5.69 Å². The molecule has 1 amide bonds. The zero-order chi connectivity index (χ0) is 26.4. The van der Waals surface area contributed by atoms with E-state index in [2.05, 4.69) is 15.5 Å². The fourth-order valence-electron chi connectivity index (χ4n) is 3.71. The van der Waals surface area contributed by atoms with Crippen LogP contribution in [0.3, 0.4) is 0 Å². The molecule has 1 heterocycles. The van der Waals surface area contributed by atoms with Crippen molar-refractivity contribution in [2.75, 3.05) is 7.11 Å². The maximum absolute atomic E-state index is 13.0. The average Bonchev–Trinajstić information content (AvgIpc) is 3.29. The monoisotopic (exact) mass is 526 g/mol. The van der Waals surface area contributed by atoms with Gasteiger partial charge in [-0.3, -0.25) is 9.36 Å². The summed E-state index contributed by atoms with van der Waals surface area (Å²) in [5.41, 5.74) is 2.86. The van der Waals surface area contributed by atoms with Gasteiger partial charge in [0.1, 0.15) is 6.61 Å². The standard InChI is InChI=1S/C27H25F3N4O2S/c1-18-10-12-22(13-11-18)34-24(16-36-2)32-33-26(34)37-17-20-7-3-4-9-23(20)25(35)31-15-19-6-5-8-21(14-19)27(28,29)30/h3-14H,15-17H2,1-2H3,(H,31,35). The summed E-state index contributed by atoms with van der Waals surface area (Å²) in [7, 11) is 1.59. The largest absolute Gasteiger partial charge is 0.416 e. The lowest BCUT2D eigenvalue weighted by atomic mass is 10.1. The van der Waals surface area contributed by atoms with E-state index >= 15 is 0 Å². The Bertz CT molecular complexity index is 1370. The topological polar surface area (TPSA) is 69.0 Å². The Kier molecular flexibility index (Phi) is 8.30. The number of carbonyl (C=O) groups excluding carboxylic acids is 1. The molecule has 0 aliphatic carbocycles. The summed E-state index contributed by atoms with van der Waals surface area (Å²) in [6.07, 6.45) is -4.44. The quantitative estimate of drug-likeness (QED) is 0.273. The number of carbonyl (C=O) groups is 1. The van der Waals surface area contributed by atoms with Gasteiger partial charge in [0, 0.05) is 30.7 Å². The first-order valence-corrected chi connectivity index (χ1v) is 12.4. The molecule has 0 atom stereocenters. The number of alkyl halides is 3. The van der Waals surface area contributed by atoms with Crippen molar-refractivity contribution in [2.24, 2.45) is 0 Å². The number of nitrogens with zero attached hydrogens (tertiary/aromatic N) is 3. The van der Waals surface area contributed by atoms with E-state index in [-0.39, 0.29) is 19.1 Å². The Morgan fingerprint density at radius 1 is 1.03 bits per heavy atom. The van der Waals surface area contributed by atoms with Crippen LogP contribution < -0.4 is 5.32 Å². The number of rotatable bonds is 9. The molecule has 6 nitrogen and oxygen atoms in total. The lowest BCUT2D eigenvalue weighted by Crippen LogP contribution is -2.24. The number of halogens is 3. The maximum atomic E-state index is 13.0. The molecular weight excluding hydrogens is 501 g/mol. The number of thioether (sulfide) groups is 1. The molecule has 10 heteroatoms. The fraction of sp³-hybridized carbons (Fsp3) is 0.222. The predicted octanol–water partition coefficient (Wildman–Crippen LogP) is 5.96. The zero-order valence-corrected chi connectivity index (χ0v) is 21.1. The van der Waals surface area contributed by atoms with E-state index < -0.39 is 11.7 Å². The smallest absolute Gasteiger partial charge is 0.377 e. The van der Waals surface area contributed by atoms with Gasteiger partial charge in [0.25, 0.3) is 5.91 Å². The molecule has 4 rings (SSSR count). The normalized spacial score (nSPS) is 11.5. The Labute approximate surface area is 216 Å². The number of nitrogens with one attached hydrogen (secondary N) is 1. The highest BCUT2D eigenvalue weighted by atomic mass is 32.2. The Balaban J connectivity index is 1.49. The number of amides is 1. The third-order valence-corrected chi connectivity index (χ3v) is 6.57. The van der Waals surface area contributed by atoms with E-state index in [9.17, 15) is 18.0 Å². The van der Waals surface area contributed by atoms with E-state index in [1.807, 2.05) is 47.9 Å². The number of hydrogen-bond donors (Lipinski definition) is 1. The molecule has 0 spiro atoms. The Morgan fingerprint density at radius 2 is 1.78 bits per heavy atom. The Morgan fingerprint density at radius 3 is 2.51 bits per heavy atom. The van der Waals surface area contributed by atoms with Crippen LogP contribution in [-0.4, -0.2) is 27.8 Å². The average molecular weight is 527 g/mol. The summed E-state index contributed by atoms with van der Waals surface area (Å²) >= 11 is 1.43. The molecule has 0 unspecified atom stereocenters. The minimum atomic E-state index is -4.44. The van der Waals surface area contributed by atoms with Crippen molar-refractivity contribution in [1.29, 1.82) is 0 Å². The van der Waals surface area contributed by atoms with Crippen molar-refractivity contribution < 1.29 is 22.7 Å². The van der Waals surface area contributed by atoms with E-state index in [0.717, 1.165) is 28.9 Å². The lowest BCUT2D eigenvalue weighted by molar-refractivity contribution is -0.137. The summed E-state index contributed by atoms with van der Waals surface area (Å²) in [6, 6.07) is 20.0. The highest BCUT2D eigenvalue weighted by Crippen LogP contribution is 2.30. The molecule has 4 aromatic rings. The molecular formula is C27H25F3N4O2S. The highest BCUT2D eigenvalue weighted by molar-refractivity contribution is 7.98. The summed E-state index contributed by atoms with van der Waals surface area (Å²) in [5, 5.41) is 12.0. The fourth-order valence-corrected chi connectivity index (χ4v) is 4.69. The number of benzene rings is 3. The molecule has 0 bridgehead atoms. The van der Waals surface area contributed by atoms with Gasteiger partial charge in [-0.1, -0.05) is 59.8 Å². The first-order chi connectivity index (χ1) is 17.8. The molecule has 0 radical (unpaired) electrons. The molecule has 3 aromatic carbocycles. The Hall–Kier alpha value is -3.63. The number of aromatic nitrogens is 3. The molecule has 0 fully saturated rings. The maximum Gasteiger partial charge on any atom is 0.416 e. The van der Waals surface area contributed by atoms with Crippen molar-refractivity contribution >= 4 is 17.7 Å². The van der Waals surface area contributed by atoms with Crippen molar-refractivity contribution in [2.45, 2.75) is 37.2 Å². The van der Waals surface area contributed by atoms with E-state index in [1.165, 1.54) is 17.8 Å². The van der Waals surface area contributed by atoms with Gasteiger partial charge in [-0.15, -0.1) is 10.2 Å². The van der Waals surface area contributed by atoms with Gasteiger partial charge >= 0.3 is 6.18 Å². The second-order valence-corrected chi connectivity index (χ2v) is 9.27. The molecule has 0 aliphatic heterocycles. The van der Waals surface area contributed by atoms with E-state index in [0.29, 0.717) is 27.9 Å². The van der Waals surface area contributed by atoms with Crippen molar-refractivity contribution in [3.8, 4) is 5.69 Å². The summed E-state index contributed by atoms with van der Waals surface area (Å²) in [6.45, 7) is 2.28. The summed E-state index contributed by atoms with van der Waals surface area (Å²) in [5.74, 6) is 0.721. The number of ether oxygens (including phenoxy) is 1. The highest BCUT2D eigenvalue weighted by Gasteiger charge is 2.30. The van der Waals surface area contributed by atoms with Crippen molar-refractivity contribution in [1.82, 2.24) is 20.1 Å². The lowest BCUT2D eigenvalue weighted by Gasteiger charge is -2.13. The van der Waals surface area contributed by atoms with Gasteiger partial charge in [-0.2, -0.15) is 13.2 Å². The van der Waals surface area contributed by atoms with Gasteiger partial charge in [0.15, 0.2) is 11.0 Å². The first-order valence-electron chi connectivity index (χ1n) is 11.4. The summed E-state index contributed by atoms with van der Waals surface area (Å²) < 4.78 is 46.2. The van der Waals surface area contributed by atoms with Crippen LogP contribution in [0.1, 0.15) is 38.4 Å². The van der Waals surface area contributed by atoms with Gasteiger partial charge in [0.05, 0.1) is 5.56 Å². The van der Waals surface area contributed by atoms with Crippen LogP contribution in [0.15, 0.2) is 78.0 Å². The second-order valence-electron chi connectivity index (χ2n) is 8.33. The third kappa shape index (κ3) is 6.58.